The molecule has 7 nitrogen and oxygen atoms in total. The van der Waals surface area contributed by atoms with Crippen LogP contribution < -0.4 is 5.56 Å². The topological polar surface area (TPSA) is 92.5 Å². The normalized spacial score (nSPS) is 10.8. The molecule has 0 aliphatic rings. The number of hydrogen-bond donors (Lipinski definition) is 1. The molecule has 0 aliphatic carbocycles. The summed E-state index contributed by atoms with van der Waals surface area (Å²) in [5, 5.41) is 9.39. The standard InChI is InChI=1S/C17H21N3O4/c1-3-8-19(10-15(22)23)14(21)7-9-20-11-18-16-12(2)5-4-6-13(16)17(20)24/h4-6,11H,3,7-10H2,1-2H3,(H,22,23). The summed E-state index contributed by atoms with van der Waals surface area (Å²) in [6.45, 7) is 4.00. The molecule has 1 amide bonds. The number of carbonyl (C=O) groups excluding carboxylic acids is 1. The Morgan fingerprint density at radius 2 is 2.08 bits per heavy atom. The number of aromatic nitrogens is 2. The summed E-state index contributed by atoms with van der Waals surface area (Å²) in [5.74, 6) is -1.33. The zero-order valence-corrected chi connectivity index (χ0v) is 13.9. The molecular weight excluding hydrogens is 310 g/mol. The molecule has 0 bridgehead atoms. The van der Waals surface area contributed by atoms with Crippen molar-refractivity contribution in [1.29, 1.82) is 0 Å². The molecular formula is C17H21N3O4. The van der Waals surface area contributed by atoms with Crippen molar-refractivity contribution in [2.45, 2.75) is 33.2 Å². The number of aryl methyl sites for hydroxylation is 2. The Morgan fingerprint density at radius 1 is 1.33 bits per heavy atom. The van der Waals surface area contributed by atoms with E-state index in [0.29, 0.717) is 23.9 Å². The minimum Gasteiger partial charge on any atom is -0.480 e. The highest BCUT2D eigenvalue weighted by Gasteiger charge is 2.16. The van der Waals surface area contributed by atoms with Crippen molar-refractivity contribution in [2.24, 2.45) is 0 Å². The third-order valence-corrected chi connectivity index (χ3v) is 3.79. The molecule has 0 radical (unpaired) electrons. The van der Waals surface area contributed by atoms with Crippen LogP contribution in [0.4, 0.5) is 0 Å². The Bertz CT molecular complexity index is 813. The highest BCUT2D eigenvalue weighted by Crippen LogP contribution is 2.11. The Morgan fingerprint density at radius 3 is 2.75 bits per heavy atom. The van der Waals surface area contributed by atoms with Gasteiger partial charge in [-0.1, -0.05) is 19.1 Å². The van der Waals surface area contributed by atoms with E-state index in [1.807, 2.05) is 19.9 Å². The van der Waals surface area contributed by atoms with Crippen molar-refractivity contribution in [3.63, 3.8) is 0 Å². The molecule has 1 aromatic carbocycles. The minimum atomic E-state index is -1.04. The van der Waals surface area contributed by atoms with Gasteiger partial charge in [0, 0.05) is 19.5 Å². The number of amides is 1. The van der Waals surface area contributed by atoms with Crippen LogP contribution in [0.3, 0.4) is 0 Å². The van der Waals surface area contributed by atoms with Crippen LogP contribution in [0, 0.1) is 6.92 Å². The van der Waals surface area contributed by atoms with Gasteiger partial charge >= 0.3 is 5.97 Å². The maximum atomic E-state index is 12.5. The number of para-hydroxylation sites is 1. The second-order valence-corrected chi connectivity index (χ2v) is 5.67. The molecule has 1 heterocycles. The van der Waals surface area contributed by atoms with Crippen LogP contribution in [0.25, 0.3) is 10.9 Å². The fourth-order valence-electron chi connectivity index (χ4n) is 2.60. The van der Waals surface area contributed by atoms with Crippen LogP contribution >= 0.6 is 0 Å². The third kappa shape index (κ3) is 3.98. The summed E-state index contributed by atoms with van der Waals surface area (Å²) in [7, 11) is 0. The Labute approximate surface area is 139 Å². The predicted molar refractivity (Wildman–Crippen MR) is 89.9 cm³/mol. The van der Waals surface area contributed by atoms with Crippen molar-refractivity contribution in [1.82, 2.24) is 14.5 Å². The van der Waals surface area contributed by atoms with Gasteiger partial charge in [-0.2, -0.15) is 0 Å². The van der Waals surface area contributed by atoms with Crippen molar-refractivity contribution >= 4 is 22.8 Å². The number of carboxylic acid groups (broad SMARTS) is 1. The summed E-state index contributed by atoms with van der Waals surface area (Å²) in [6, 6.07) is 5.40. The van der Waals surface area contributed by atoms with Crippen molar-refractivity contribution in [3.05, 3.63) is 40.4 Å². The van der Waals surface area contributed by atoms with Gasteiger partial charge in [-0.3, -0.25) is 19.0 Å². The Hall–Kier alpha value is -2.70. The zero-order chi connectivity index (χ0) is 17.7. The third-order valence-electron chi connectivity index (χ3n) is 3.79. The number of carbonyl (C=O) groups is 2. The van der Waals surface area contributed by atoms with E-state index in [9.17, 15) is 14.4 Å². The van der Waals surface area contributed by atoms with Gasteiger partial charge in [-0.25, -0.2) is 4.98 Å². The molecule has 128 valence electrons. The maximum Gasteiger partial charge on any atom is 0.323 e. The van der Waals surface area contributed by atoms with E-state index in [1.165, 1.54) is 15.8 Å². The first kappa shape index (κ1) is 17.7. The lowest BCUT2D eigenvalue weighted by molar-refractivity contribution is -0.144. The molecule has 1 aromatic heterocycles. The molecule has 0 spiro atoms. The van der Waals surface area contributed by atoms with Crippen LogP contribution in [0.2, 0.25) is 0 Å². The number of hydrogen-bond acceptors (Lipinski definition) is 4. The van der Waals surface area contributed by atoms with Crippen LogP contribution in [-0.2, 0) is 16.1 Å². The second-order valence-electron chi connectivity index (χ2n) is 5.67. The van der Waals surface area contributed by atoms with Gasteiger partial charge in [0.15, 0.2) is 0 Å². The molecule has 0 saturated heterocycles. The van der Waals surface area contributed by atoms with Crippen LogP contribution in [0.5, 0.6) is 0 Å². The largest absolute Gasteiger partial charge is 0.480 e. The van der Waals surface area contributed by atoms with Gasteiger partial charge in [0.1, 0.15) is 6.54 Å². The summed E-state index contributed by atoms with van der Waals surface area (Å²) in [5.41, 5.74) is 1.38. The summed E-state index contributed by atoms with van der Waals surface area (Å²) >= 11 is 0. The van der Waals surface area contributed by atoms with Gasteiger partial charge in [0.05, 0.1) is 17.2 Å². The lowest BCUT2D eigenvalue weighted by Crippen LogP contribution is -2.37. The second kappa shape index (κ2) is 7.72. The summed E-state index contributed by atoms with van der Waals surface area (Å²) < 4.78 is 1.39. The summed E-state index contributed by atoms with van der Waals surface area (Å²) in [4.78, 5) is 41.1. The smallest absolute Gasteiger partial charge is 0.323 e. The lowest BCUT2D eigenvalue weighted by atomic mass is 10.1. The highest BCUT2D eigenvalue weighted by molar-refractivity contribution is 5.82. The molecule has 0 unspecified atom stereocenters. The quantitative estimate of drug-likeness (QED) is 0.828. The van der Waals surface area contributed by atoms with Crippen LogP contribution in [0.15, 0.2) is 29.3 Å². The first-order valence-electron chi connectivity index (χ1n) is 7.88. The maximum absolute atomic E-state index is 12.5. The van der Waals surface area contributed by atoms with Gasteiger partial charge in [0.2, 0.25) is 5.91 Å². The molecule has 2 aromatic rings. The number of nitrogens with zero attached hydrogens (tertiary/aromatic N) is 3. The number of carboxylic acids is 1. The molecule has 7 heteroatoms. The highest BCUT2D eigenvalue weighted by atomic mass is 16.4. The van der Waals surface area contributed by atoms with E-state index in [-0.39, 0.29) is 31.0 Å². The molecule has 2 rings (SSSR count). The van der Waals surface area contributed by atoms with Gasteiger partial charge < -0.3 is 10.0 Å². The van der Waals surface area contributed by atoms with E-state index in [1.54, 1.807) is 12.1 Å². The number of benzene rings is 1. The number of rotatable bonds is 7. The average Bonchev–Trinajstić information content (AvgIpc) is 2.54. The van der Waals surface area contributed by atoms with E-state index in [2.05, 4.69) is 4.98 Å². The number of fused-ring (bicyclic) bond motifs is 1. The van der Waals surface area contributed by atoms with Gasteiger partial charge in [0.25, 0.3) is 5.56 Å². The van der Waals surface area contributed by atoms with E-state index < -0.39 is 5.97 Å². The van der Waals surface area contributed by atoms with E-state index >= 15 is 0 Å². The number of aliphatic carboxylic acids is 1. The molecule has 0 saturated carbocycles. The van der Waals surface area contributed by atoms with Gasteiger partial charge in [-0.05, 0) is 25.0 Å². The average molecular weight is 331 g/mol. The SMILES string of the molecule is CCCN(CC(=O)O)C(=O)CCn1cnc2c(C)cccc2c1=O. The molecule has 24 heavy (non-hydrogen) atoms. The van der Waals surface area contributed by atoms with Crippen molar-refractivity contribution in [3.8, 4) is 0 Å². The van der Waals surface area contributed by atoms with Gasteiger partial charge in [-0.15, -0.1) is 0 Å². The molecule has 0 fully saturated rings. The van der Waals surface area contributed by atoms with Crippen LogP contribution in [-0.4, -0.2) is 44.5 Å². The molecule has 0 atom stereocenters. The van der Waals surface area contributed by atoms with E-state index in [4.69, 9.17) is 5.11 Å². The Balaban J connectivity index is 2.15. The van der Waals surface area contributed by atoms with E-state index in [0.717, 1.165) is 5.56 Å². The first-order valence-corrected chi connectivity index (χ1v) is 7.88. The van der Waals surface area contributed by atoms with Crippen LogP contribution in [0.1, 0.15) is 25.3 Å². The monoisotopic (exact) mass is 331 g/mol. The van der Waals surface area contributed by atoms with Crippen molar-refractivity contribution in [2.75, 3.05) is 13.1 Å². The predicted octanol–water partition coefficient (Wildman–Crippen LogP) is 1.42. The zero-order valence-electron chi connectivity index (χ0n) is 13.9. The fraction of sp³-hybridized carbons (Fsp3) is 0.412. The first-order chi connectivity index (χ1) is 11.4. The summed E-state index contributed by atoms with van der Waals surface area (Å²) in [6.07, 6.45) is 2.17. The molecule has 0 aliphatic heterocycles. The van der Waals surface area contributed by atoms with Crippen molar-refractivity contribution < 1.29 is 14.7 Å². The minimum absolute atomic E-state index is 0.0617. The molecule has 1 N–H and O–H groups in total. The lowest BCUT2D eigenvalue weighted by Gasteiger charge is -2.20. The Kier molecular flexibility index (Phi) is 5.68. The fourth-order valence-corrected chi connectivity index (χ4v) is 2.60.